The summed E-state index contributed by atoms with van der Waals surface area (Å²) >= 11 is 5.72. The molecule has 0 aromatic heterocycles. The van der Waals surface area contributed by atoms with Crippen molar-refractivity contribution in [1.82, 2.24) is 4.90 Å². The van der Waals surface area contributed by atoms with Crippen molar-refractivity contribution in [3.05, 3.63) is 34.9 Å². The highest BCUT2D eigenvalue weighted by Gasteiger charge is 2.05. The number of hydrogen-bond acceptors (Lipinski definition) is 2. The summed E-state index contributed by atoms with van der Waals surface area (Å²) in [4.78, 5) is 13.6. The Morgan fingerprint density at radius 3 is 2.27 bits per heavy atom. The highest BCUT2D eigenvalue weighted by Crippen LogP contribution is 2.11. The zero-order chi connectivity index (χ0) is 10.6. The van der Waals surface area contributed by atoms with E-state index in [1.54, 1.807) is 24.3 Å². The second-order valence-corrected chi connectivity index (χ2v) is 3.92. The van der Waals surface area contributed by atoms with Crippen LogP contribution >= 0.6 is 11.6 Å². The maximum atomic E-state index is 11.6. The summed E-state index contributed by atoms with van der Waals surface area (Å²) in [6.07, 6.45) is 0.550. The third-order valence-corrected chi connectivity index (χ3v) is 2.20. The average Bonchev–Trinajstić information content (AvgIpc) is 2.15. The van der Waals surface area contributed by atoms with Crippen LogP contribution in [0.1, 0.15) is 16.8 Å². The number of carbonyl (C=O) groups excluding carboxylic acids is 1. The second kappa shape index (κ2) is 6.83. The Balaban J connectivity index is 0.00000196. The minimum absolute atomic E-state index is 0. The van der Waals surface area contributed by atoms with Crippen molar-refractivity contribution in [2.75, 3.05) is 20.6 Å². The minimum Gasteiger partial charge on any atom is -1.00 e. The van der Waals surface area contributed by atoms with Crippen molar-refractivity contribution in [3.8, 4) is 0 Å². The molecule has 0 aliphatic heterocycles. The lowest BCUT2D eigenvalue weighted by Gasteiger charge is -2.08. The van der Waals surface area contributed by atoms with Crippen LogP contribution in [-0.2, 0) is 0 Å². The van der Waals surface area contributed by atoms with Crippen molar-refractivity contribution in [2.24, 2.45) is 0 Å². The molecule has 0 aliphatic carbocycles. The van der Waals surface area contributed by atoms with Crippen LogP contribution in [0.25, 0.3) is 0 Å². The third kappa shape index (κ3) is 5.17. The lowest BCUT2D eigenvalue weighted by Crippen LogP contribution is -3.00. The zero-order valence-corrected chi connectivity index (χ0v) is 10.3. The maximum Gasteiger partial charge on any atom is 0.164 e. The molecule has 0 N–H and O–H groups in total. The number of nitrogens with zero attached hydrogens (tertiary/aromatic N) is 1. The Morgan fingerprint density at radius 2 is 1.80 bits per heavy atom. The predicted molar refractivity (Wildman–Crippen MR) is 59.0 cm³/mol. The summed E-state index contributed by atoms with van der Waals surface area (Å²) in [5.41, 5.74) is 0.733. The van der Waals surface area contributed by atoms with E-state index in [0.29, 0.717) is 11.4 Å². The van der Waals surface area contributed by atoms with Gasteiger partial charge in [-0.25, -0.2) is 0 Å². The van der Waals surface area contributed by atoms with E-state index in [-0.39, 0.29) is 18.2 Å². The number of rotatable bonds is 4. The SMILES string of the molecule is CN(C)CCC(=O)c1ccc(Cl)cc1.[Cl-]. The number of hydrogen-bond donors (Lipinski definition) is 0. The van der Waals surface area contributed by atoms with Crippen LogP contribution in [0.15, 0.2) is 24.3 Å². The lowest BCUT2D eigenvalue weighted by atomic mass is 10.1. The summed E-state index contributed by atoms with van der Waals surface area (Å²) in [6, 6.07) is 7.01. The number of carbonyl (C=O) groups is 1. The fraction of sp³-hybridized carbons (Fsp3) is 0.364. The predicted octanol–water partition coefficient (Wildman–Crippen LogP) is -0.522. The molecule has 0 saturated heterocycles. The average molecular weight is 247 g/mol. The van der Waals surface area contributed by atoms with Gasteiger partial charge in [0.1, 0.15) is 0 Å². The summed E-state index contributed by atoms with van der Waals surface area (Å²) in [5.74, 6) is 0.162. The normalized spacial score (nSPS) is 9.87. The molecule has 0 saturated carbocycles. The van der Waals surface area contributed by atoms with E-state index in [2.05, 4.69) is 0 Å². The summed E-state index contributed by atoms with van der Waals surface area (Å²) in [7, 11) is 3.91. The van der Waals surface area contributed by atoms with E-state index in [0.717, 1.165) is 12.1 Å². The van der Waals surface area contributed by atoms with Crippen molar-refractivity contribution in [1.29, 1.82) is 0 Å². The highest BCUT2D eigenvalue weighted by molar-refractivity contribution is 6.30. The highest BCUT2D eigenvalue weighted by atomic mass is 35.5. The topological polar surface area (TPSA) is 20.3 Å². The van der Waals surface area contributed by atoms with E-state index in [9.17, 15) is 4.79 Å². The maximum absolute atomic E-state index is 11.6. The van der Waals surface area contributed by atoms with Crippen LogP contribution in [0.2, 0.25) is 5.02 Å². The van der Waals surface area contributed by atoms with E-state index < -0.39 is 0 Å². The van der Waals surface area contributed by atoms with Gasteiger partial charge in [-0.1, -0.05) is 11.6 Å². The van der Waals surface area contributed by atoms with Gasteiger partial charge in [-0.3, -0.25) is 4.79 Å². The van der Waals surface area contributed by atoms with Crippen molar-refractivity contribution >= 4 is 17.4 Å². The molecule has 1 aromatic rings. The smallest absolute Gasteiger partial charge is 0.164 e. The molecule has 4 heteroatoms. The molecule has 0 bridgehead atoms. The molecular formula is C11H14Cl2NO-. The largest absolute Gasteiger partial charge is 1.00 e. The first-order chi connectivity index (χ1) is 6.59. The van der Waals surface area contributed by atoms with Gasteiger partial charge in [-0.05, 0) is 38.4 Å². The third-order valence-electron chi connectivity index (χ3n) is 1.95. The van der Waals surface area contributed by atoms with Gasteiger partial charge in [0.25, 0.3) is 0 Å². The van der Waals surface area contributed by atoms with Crippen LogP contribution < -0.4 is 12.4 Å². The number of ketones is 1. The molecule has 0 amide bonds. The fourth-order valence-electron chi connectivity index (χ4n) is 1.11. The van der Waals surface area contributed by atoms with E-state index in [1.165, 1.54) is 0 Å². The van der Waals surface area contributed by atoms with Crippen molar-refractivity contribution in [2.45, 2.75) is 6.42 Å². The molecule has 0 radical (unpaired) electrons. The molecule has 15 heavy (non-hydrogen) atoms. The summed E-state index contributed by atoms with van der Waals surface area (Å²) in [5, 5.41) is 0.661. The molecule has 0 atom stereocenters. The Labute approximate surface area is 102 Å². The van der Waals surface area contributed by atoms with Crippen LogP contribution in [0.5, 0.6) is 0 Å². The number of benzene rings is 1. The molecule has 1 rings (SSSR count). The molecule has 0 aliphatic rings. The van der Waals surface area contributed by atoms with Gasteiger partial charge < -0.3 is 17.3 Å². The first kappa shape index (κ1) is 14.4. The van der Waals surface area contributed by atoms with Gasteiger partial charge in [0.05, 0.1) is 0 Å². The standard InChI is InChI=1S/C11H14ClNO.ClH/c1-13(2)8-7-11(14)9-3-5-10(12)6-4-9;/h3-6H,7-8H2,1-2H3;1H/p-1. The zero-order valence-electron chi connectivity index (χ0n) is 8.84. The molecule has 84 valence electrons. The van der Waals surface area contributed by atoms with Crippen LogP contribution in [-0.4, -0.2) is 31.3 Å². The van der Waals surface area contributed by atoms with E-state index in [1.807, 2.05) is 19.0 Å². The van der Waals surface area contributed by atoms with E-state index >= 15 is 0 Å². The van der Waals surface area contributed by atoms with Crippen molar-refractivity contribution in [3.63, 3.8) is 0 Å². The van der Waals surface area contributed by atoms with Gasteiger partial charge in [0.15, 0.2) is 5.78 Å². The monoisotopic (exact) mass is 246 g/mol. The molecule has 0 unspecified atom stereocenters. The fourth-order valence-corrected chi connectivity index (χ4v) is 1.23. The molecule has 1 aromatic carbocycles. The van der Waals surface area contributed by atoms with Gasteiger partial charge in [-0.15, -0.1) is 0 Å². The van der Waals surface area contributed by atoms with Gasteiger partial charge in [0, 0.05) is 23.6 Å². The van der Waals surface area contributed by atoms with Crippen molar-refractivity contribution < 1.29 is 17.2 Å². The van der Waals surface area contributed by atoms with Gasteiger partial charge >= 0.3 is 0 Å². The van der Waals surface area contributed by atoms with E-state index in [4.69, 9.17) is 11.6 Å². The second-order valence-electron chi connectivity index (χ2n) is 3.48. The Bertz CT molecular complexity index is 309. The minimum atomic E-state index is 0. The molecule has 0 heterocycles. The lowest BCUT2D eigenvalue weighted by molar-refractivity contribution is -0.0000108. The summed E-state index contributed by atoms with van der Waals surface area (Å²) in [6.45, 7) is 0.779. The molecular weight excluding hydrogens is 233 g/mol. The first-order valence-electron chi connectivity index (χ1n) is 4.53. The Morgan fingerprint density at radius 1 is 1.27 bits per heavy atom. The van der Waals surface area contributed by atoms with Gasteiger partial charge in [-0.2, -0.15) is 0 Å². The number of Topliss-reactive ketones (excluding diaryl/α,β-unsaturated/α-hetero) is 1. The Kier molecular flexibility index (Phi) is 6.57. The van der Waals surface area contributed by atoms with Crippen LogP contribution in [0, 0.1) is 0 Å². The molecule has 0 spiro atoms. The summed E-state index contributed by atoms with van der Waals surface area (Å²) < 4.78 is 0. The number of halogens is 2. The van der Waals surface area contributed by atoms with Crippen LogP contribution in [0.3, 0.4) is 0 Å². The molecule has 2 nitrogen and oxygen atoms in total. The Hall–Kier alpha value is -0.570. The first-order valence-corrected chi connectivity index (χ1v) is 4.91. The van der Waals surface area contributed by atoms with Gasteiger partial charge in [0.2, 0.25) is 0 Å². The molecule has 0 fully saturated rings. The quantitative estimate of drug-likeness (QED) is 0.667. The van der Waals surface area contributed by atoms with Crippen LogP contribution in [0.4, 0.5) is 0 Å².